The fraction of sp³-hybridized carbons (Fsp3) is 0.514. The lowest BCUT2D eigenvalue weighted by Crippen LogP contribution is -2.62. The Morgan fingerprint density at radius 3 is 2.36 bits per heavy atom. The van der Waals surface area contributed by atoms with Crippen LogP contribution in [0.4, 0.5) is 4.79 Å². The van der Waals surface area contributed by atoms with Gasteiger partial charge in [0.1, 0.15) is 11.6 Å². The van der Waals surface area contributed by atoms with Crippen LogP contribution in [0.1, 0.15) is 81.0 Å². The predicted octanol–water partition coefficient (Wildman–Crippen LogP) is 5.17. The summed E-state index contributed by atoms with van der Waals surface area (Å²) in [6, 6.07) is 14.6. The number of H-pyrrole nitrogens is 1. The van der Waals surface area contributed by atoms with Gasteiger partial charge in [0.2, 0.25) is 11.8 Å². The van der Waals surface area contributed by atoms with Gasteiger partial charge in [0.25, 0.3) is 0 Å². The zero-order chi connectivity index (χ0) is 32.7. The van der Waals surface area contributed by atoms with Gasteiger partial charge in [-0.05, 0) is 98.3 Å². The topological polar surface area (TPSA) is 150 Å². The Balaban J connectivity index is 1.13. The normalized spacial score (nSPS) is 28.6. The second kappa shape index (κ2) is 12.7. The molecule has 3 aromatic rings. The Morgan fingerprint density at radius 1 is 0.915 bits per heavy atom. The number of carbonyl (C=O) groups is 4. The van der Waals surface area contributed by atoms with Crippen LogP contribution in [-0.2, 0) is 32.0 Å². The van der Waals surface area contributed by atoms with E-state index < -0.39 is 35.6 Å². The number of carboxylic acids is 1. The van der Waals surface area contributed by atoms with Gasteiger partial charge < -0.3 is 30.8 Å². The minimum atomic E-state index is -1.37. The van der Waals surface area contributed by atoms with Gasteiger partial charge in [-0.15, -0.1) is 0 Å². The summed E-state index contributed by atoms with van der Waals surface area (Å²) < 4.78 is 6.19. The summed E-state index contributed by atoms with van der Waals surface area (Å²) in [4.78, 5) is 55.4. The number of aryl methyl sites for hydroxylation is 1. The lowest BCUT2D eigenvalue weighted by Gasteiger charge is -2.53. The Morgan fingerprint density at radius 2 is 1.62 bits per heavy atom. The highest BCUT2D eigenvalue weighted by Crippen LogP contribution is 2.54. The molecule has 1 aromatic heterocycles. The molecule has 5 aliphatic rings. The maximum absolute atomic E-state index is 14.4. The maximum Gasteiger partial charge on any atom is 0.408 e. The number of aliphatic carboxylic acids is 1. The molecule has 0 spiro atoms. The van der Waals surface area contributed by atoms with Gasteiger partial charge in [0.15, 0.2) is 0 Å². The molecule has 4 saturated carbocycles. The minimum absolute atomic E-state index is 0.122. The molecule has 5 N–H and O–H groups in total. The van der Waals surface area contributed by atoms with Crippen LogP contribution in [0.3, 0.4) is 0 Å². The van der Waals surface area contributed by atoms with Crippen molar-refractivity contribution in [2.24, 2.45) is 23.7 Å². The van der Waals surface area contributed by atoms with Crippen molar-refractivity contribution in [2.45, 2.75) is 94.9 Å². The highest BCUT2D eigenvalue weighted by atomic mass is 16.6. The molecule has 1 heterocycles. The number of aromatic amines is 1. The van der Waals surface area contributed by atoms with Crippen LogP contribution in [-0.4, -0.2) is 51.7 Å². The number of hydrogen-bond donors (Lipinski definition) is 5. The van der Waals surface area contributed by atoms with Crippen molar-refractivity contribution < 1.29 is 29.0 Å². The average molecular weight is 641 g/mol. The van der Waals surface area contributed by atoms with E-state index in [-0.39, 0.29) is 31.3 Å². The molecule has 10 heteroatoms. The van der Waals surface area contributed by atoms with E-state index in [2.05, 4.69) is 20.9 Å². The average Bonchev–Trinajstić information content (AvgIpc) is 3.44. The Kier molecular flexibility index (Phi) is 8.45. The summed E-state index contributed by atoms with van der Waals surface area (Å²) >= 11 is 0. The molecule has 5 aliphatic carbocycles. The zero-order valence-electron chi connectivity index (χ0n) is 26.8. The van der Waals surface area contributed by atoms with Gasteiger partial charge in [0.05, 0.1) is 18.5 Å². The van der Waals surface area contributed by atoms with E-state index in [0.29, 0.717) is 24.7 Å². The smallest absolute Gasteiger partial charge is 0.408 e. The van der Waals surface area contributed by atoms with Crippen LogP contribution in [0, 0.1) is 23.7 Å². The number of hydrogen-bond acceptors (Lipinski definition) is 5. The van der Waals surface area contributed by atoms with Gasteiger partial charge >= 0.3 is 12.1 Å². The molecule has 0 aliphatic heterocycles. The molecule has 3 atom stereocenters. The Labute approximate surface area is 274 Å². The first-order valence-corrected chi connectivity index (χ1v) is 17.1. The molecule has 248 valence electrons. The molecule has 4 bridgehead atoms. The first-order valence-electron chi connectivity index (χ1n) is 17.1. The largest absolute Gasteiger partial charge is 0.481 e. The van der Waals surface area contributed by atoms with E-state index in [0.717, 1.165) is 65.1 Å². The minimum Gasteiger partial charge on any atom is -0.481 e. The van der Waals surface area contributed by atoms with Crippen molar-refractivity contribution in [3.05, 3.63) is 71.4 Å². The first kappa shape index (κ1) is 31.3. The molecule has 0 saturated heterocycles. The van der Waals surface area contributed by atoms with E-state index in [4.69, 9.17) is 9.84 Å². The third kappa shape index (κ3) is 6.47. The molecular weight excluding hydrogens is 596 g/mol. The zero-order valence-corrected chi connectivity index (χ0v) is 26.8. The molecule has 0 radical (unpaired) electrons. The summed E-state index contributed by atoms with van der Waals surface area (Å²) in [5.74, 6) is 0.449. The number of alkyl carbamates (subject to hydrolysis) is 1. The van der Waals surface area contributed by atoms with Crippen LogP contribution >= 0.6 is 0 Å². The first-order chi connectivity index (χ1) is 22.6. The van der Waals surface area contributed by atoms with Crippen LogP contribution in [0.25, 0.3) is 10.9 Å². The second-order valence-corrected chi connectivity index (χ2v) is 14.6. The highest BCUT2D eigenvalue weighted by molar-refractivity contribution is 5.92. The third-order valence-corrected chi connectivity index (χ3v) is 11.2. The number of para-hydroxylation sites is 1. The van der Waals surface area contributed by atoms with Crippen LogP contribution in [0.2, 0.25) is 0 Å². The molecule has 4 fully saturated rings. The standard InChI is InChI=1S/C37H44N4O6/c1-37(19-26-20-38-29-9-5-4-7-27(26)29,41-36(46)47-34-24-15-21-14-22(17-24)18-25(34)16-21)35(45)39-30-11-10-23-6-2-3-8-28(23)33(30)40-31(42)12-13-32(43)44/h2-9,20-22,24-25,30,33-34,38H,10-19H2,1H3,(H,39,45)(H,40,42)(H,41,46)(H,43,44). The van der Waals surface area contributed by atoms with Gasteiger partial charge in [0, 0.05) is 29.9 Å². The number of amides is 3. The number of nitrogens with one attached hydrogen (secondary N) is 4. The summed E-state index contributed by atoms with van der Waals surface area (Å²) in [6.07, 6.45) is 7.97. The Hall–Kier alpha value is -4.34. The molecule has 8 rings (SSSR count). The number of carbonyl (C=O) groups excluding carboxylic acids is 3. The number of benzene rings is 2. The van der Waals surface area contributed by atoms with E-state index in [1.807, 2.05) is 54.7 Å². The molecular formula is C37H44N4O6. The van der Waals surface area contributed by atoms with Gasteiger partial charge in [-0.1, -0.05) is 42.5 Å². The van der Waals surface area contributed by atoms with E-state index in [9.17, 15) is 19.2 Å². The van der Waals surface area contributed by atoms with Crippen LogP contribution < -0.4 is 16.0 Å². The van der Waals surface area contributed by atoms with Crippen LogP contribution in [0.15, 0.2) is 54.7 Å². The number of carboxylic acid groups (broad SMARTS) is 1. The third-order valence-electron chi connectivity index (χ3n) is 11.2. The van der Waals surface area contributed by atoms with Crippen LogP contribution in [0.5, 0.6) is 0 Å². The Bertz CT molecular complexity index is 1660. The molecule has 10 nitrogen and oxygen atoms in total. The summed E-state index contributed by atoms with van der Waals surface area (Å²) in [6.45, 7) is 1.74. The van der Waals surface area contributed by atoms with E-state index in [1.54, 1.807) is 6.92 Å². The monoisotopic (exact) mass is 640 g/mol. The number of rotatable bonds is 10. The van der Waals surface area contributed by atoms with Crippen molar-refractivity contribution in [1.82, 2.24) is 20.9 Å². The fourth-order valence-corrected chi connectivity index (χ4v) is 9.17. The highest BCUT2D eigenvalue weighted by Gasteiger charge is 2.50. The summed E-state index contributed by atoms with van der Waals surface area (Å²) in [7, 11) is 0. The van der Waals surface area contributed by atoms with Crippen molar-refractivity contribution in [1.29, 1.82) is 0 Å². The van der Waals surface area contributed by atoms with Gasteiger partial charge in [-0.3, -0.25) is 14.4 Å². The number of fused-ring (bicyclic) bond motifs is 2. The quantitative estimate of drug-likeness (QED) is 0.206. The maximum atomic E-state index is 14.4. The molecule has 2 aromatic carbocycles. The molecule has 47 heavy (non-hydrogen) atoms. The number of aromatic nitrogens is 1. The van der Waals surface area contributed by atoms with Crippen molar-refractivity contribution in [3.63, 3.8) is 0 Å². The fourth-order valence-electron chi connectivity index (χ4n) is 9.17. The van der Waals surface area contributed by atoms with Gasteiger partial charge in [-0.25, -0.2) is 4.79 Å². The molecule has 3 unspecified atom stereocenters. The van der Waals surface area contributed by atoms with Crippen molar-refractivity contribution in [2.75, 3.05) is 0 Å². The summed E-state index contributed by atoms with van der Waals surface area (Å²) in [5.41, 5.74) is 2.42. The van der Waals surface area contributed by atoms with Crippen molar-refractivity contribution in [3.8, 4) is 0 Å². The second-order valence-electron chi connectivity index (χ2n) is 14.6. The van der Waals surface area contributed by atoms with E-state index >= 15 is 0 Å². The summed E-state index contributed by atoms with van der Waals surface area (Å²) in [5, 5.41) is 19.3. The van der Waals surface area contributed by atoms with Crippen molar-refractivity contribution >= 4 is 34.8 Å². The molecule has 3 amide bonds. The number of ether oxygens (including phenoxy) is 1. The lowest BCUT2D eigenvalue weighted by molar-refractivity contribution is -0.139. The lowest BCUT2D eigenvalue weighted by atomic mass is 9.55. The van der Waals surface area contributed by atoms with E-state index in [1.165, 1.54) is 6.42 Å². The SMILES string of the molecule is CC(Cc1c[nH]c2ccccc12)(NC(=O)OC1C2CC3CC(C2)CC1C3)C(=O)NC1CCc2ccccc2C1NC(=O)CCC(=O)O. The predicted molar refractivity (Wildman–Crippen MR) is 175 cm³/mol. The van der Waals surface area contributed by atoms with Gasteiger partial charge in [-0.2, -0.15) is 0 Å².